The van der Waals surface area contributed by atoms with Crippen molar-refractivity contribution in [2.75, 3.05) is 25.0 Å². The molecule has 1 aromatic carbocycles. The number of piperazine rings is 1. The molecule has 156 valence electrons. The summed E-state index contributed by atoms with van der Waals surface area (Å²) in [6.45, 7) is 0.879. The van der Waals surface area contributed by atoms with Gasteiger partial charge < -0.3 is 14.3 Å². The number of rotatable bonds is 3. The first-order valence-electron chi connectivity index (χ1n) is 8.88. The van der Waals surface area contributed by atoms with Crippen LogP contribution < -0.4 is 4.90 Å². The SMILES string of the molecule is CN1CCN(c2ccc(-c3noc(C(F)(F)F)n3)cn2)C(c2cccc(F)c2)C1=O. The zero-order chi connectivity index (χ0) is 21.5. The fourth-order valence-electron chi connectivity index (χ4n) is 3.23. The molecule has 0 aliphatic carbocycles. The Balaban J connectivity index is 1.65. The summed E-state index contributed by atoms with van der Waals surface area (Å²) in [5.74, 6) is -1.97. The quantitative estimate of drug-likeness (QED) is 0.604. The van der Waals surface area contributed by atoms with E-state index in [1.54, 1.807) is 29.0 Å². The Bertz CT molecular complexity index is 1070. The minimum Gasteiger partial charge on any atom is -0.342 e. The molecule has 2 aromatic heterocycles. The van der Waals surface area contributed by atoms with Crippen LogP contribution in [-0.2, 0) is 11.0 Å². The topological polar surface area (TPSA) is 75.4 Å². The Morgan fingerprint density at radius 1 is 1.17 bits per heavy atom. The van der Waals surface area contributed by atoms with Gasteiger partial charge in [-0.05, 0) is 29.8 Å². The molecule has 0 spiro atoms. The predicted octanol–water partition coefficient (Wildman–Crippen LogP) is 3.31. The molecule has 0 N–H and O–H groups in total. The third-order valence-corrected chi connectivity index (χ3v) is 4.73. The van der Waals surface area contributed by atoms with E-state index in [1.165, 1.54) is 30.5 Å². The molecule has 1 unspecified atom stereocenters. The highest BCUT2D eigenvalue weighted by Gasteiger charge is 2.39. The number of pyridine rings is 1. The predicted molar refractivity (Wildman–Crippen MR) is 96.7 cm³/mol. The highest BCUT2D eigenvalue weighted by atomic mass is 19.4. The number of alkyl halides is 3. The first-order chi connectivity index (χ1) is 14.2. The Morgan fingerprint density at radius 3 is 2.60 bits per heavy atom. The molecule has 1 aliphatic heterocycles. The molecule has 30 heavy (non-hydrogen) atoms. The maximum atomic E-state index is 13.7. The minimum atomic E-state index is -4.74. The lowest BCUT2D eigenvalue weighted by Crippen LogP contribution is -2.51. The van der Waals surface area contributed by atoms with Gasteiger partial charge in [-0.25, -0.2) is 9.37 Å². The van der Waals surface area contributed by atoms with Gasteiger partial charge in [0.1, 0.15) is 17.7 Å². The van der Waals surface area contributed by atoms with Crippen LogP contribution in [0.1, 0.15) is 17.5 Å². The second-order valence-electron chi connectivity index (χ2n) is 6.74. The van der Waals surface area contributed by atoms with Crippen molar-refractivity contribution in [1.29, 1.82) is 0 Å². The van der Waals surface area contributed by atoms with Gasteiger partial charge >= 0.3 is 12.1 Å². The van der Waals surface area contributed by atoms with E-state index < -0.39 is 23.9 Å². The Labute approximate surface area is 167 Å². The first-order valence-corrected chi connectivity index (χ1v) is 8.88. The van der Waals surface area contributed by atoms with Crippen LogP contribution in [0.3, 0.4) is 0 Å². The zero-order valence-corrected chi connectivity index (χ0v) is 15.6. The maximum Gasteiger partial charge on any atom is 0.471 e. The van der Waals surface area contributed by atoms with Crippen LogP contribution in [0.4, 0.5) is 23.4 Å². The third kappa shape index (κ3) is 3.70. The molecule has 1 aliphatic rings. The summed E-state index contributed by atoms with van der Waals surface area (Å²) < 4.78 is 55.9. The maximum absolute atomic E-state index is 13.7. The van der Waals surface area contributed by atoms with Crippen LogP contribution in [0.25, 0.3) is 11.4 Å². The number of carbonyl (C=O) groups excluding carboxylic acids is 1. The highest BCUT2D eigenvalue weighted by molar-refractivity contribution is 5.87. The summed E-state index contributed by atoms with van der Waals surface area (Å²) in [6.07, 6.45) is -3.44. The molecule has 0 bridgehead atoms. The van der Waals surface area contributed by atoms with Gasteiger partial charge in [0, 0.05) is 31.9 Å². The number of anilines is 1. The summed E-state index contributed by atoms with van der Waals surface area (Å²) in [5.41, 5.74) is 0.700. The molecule has 4 rings (SSSR count). The molecular weight excluding hydrogens is 406 g/mol. The molecular formula is C19H15F4N5O2. The smallest absolute Gasteiger partial charge is 0.342 e. The minimum absolute atomic E-state index is 0.217. The number of amides is 1. The van der Waals surface area contributed by atoms with Crippen molar-refractivity contribution in [1.82, 2.24) is 20.0 Å². The van der Waals surface area contributed by atoms with Crippen molar-refractivity contribution in [3.8, 4) is 11.4 Å². The lowest BCUT2D eigenvalue weighted by molar-refractivity contribution is -0.159. The zero-order valence-electron chi connectivity index (χ0n) is 15.6. The third-order valence-electron chi connectivity index (χ3n) is 4.73. The monoisotopic (exact) mass is 421 g/mol. The number of hydrogen-bond acceptors (Lipinski definition) is 6. The summed E-state index contributed by atoms with van der Waals surface area (Å²) in [4.78, 5) is 23.7. The largest absolute Gasteiger partial charge is 0.471 e. The van der Waals surface area contributed by atoms with Crippen LogP contribution in [0.2, 0.25) is 0 Å². The number of nitrogens with zero attached hydrogens (tertiary/aromatic N) is 5. The second-order valence-corrected chi connectivity index (χ2v) is 6.74. The fraction of sp³-hybridized carbons (Fsp3) is 0.263. The normalized spacial score (nSPS) is 17.5. The molecule has 0 radical (unpaired) electrons. The van der Waals surface area contributed by atoms with Crippen LogP contribution in [0.15, 0.2) is 47.1 Å². The number of aromatic nitrogens is 3. The summed E-state index contributed by atoms with van der Waals surface area (Å²) >= 11 is 0. The Morgan fingerprint density at radius 2 is 1.97 bits per heavy atom. The fourth-order valence-corrected chi connectivity index (χ4v) is 3.23. The van der Waals surface area contributed by atoms with Crippen molar-refractivity contribution in [3.63, 3.8) is 0 Å². The Hall–Kier alpha value is -3.50. The van der Waals surface area contributed by atoms with E-state index in [-0.39, 0.29) is 17.3 Å². The average molecular weight is 421 g/mol. The molecule has 1 saturated heterocycles. The molecule has 3 aromatic rings. The van der Waals surface area contributed by atoms with Crippen LogP contribution in [0.5, 0.6) is 0 Å². The van der Waals surface area contributed by atoms with Gasteiger partial charge in [0.2, 0.25) is 11.7 Å². The number of likely N-dealkylation sites (N-methyl/N-ethyl adjacent to an activating group) is 1. The lowest BCUT2D eigenvalue weighted by atomic mass is 10.0. The van der Waals surface area contributed by atoms with Crippen LogP contribution in [0, 0.1) is 5.82 Å². The van der Waals surface area contributed by atoms with Crippen molar-refractivity contribution < 1.29 is 26.9 Å². The number of halogens is 4. The van der Waals surface area contributed by atoms with Crippen molar-refractivity contribution in [3.05, 3.63) is 59.9 Å². The lowest BCUT2D eigenvalue weighted by Gasteiger charge is -2.40. The standard InChI is InChI=1S/C19H15F4N5O2/c1-27-7-8-28(15(17(27)29)11-3-2-4-13(20)9-11)14-6-5-12(10-24-14)16-25-18(30-26-16)19(21,22)23/h2-6,9-10,15H,7-8H2,1H3. The van der Waals surface area contributed by atoms with Crippen molar-refractivity contribution in [2.24, 2.45) is 0 Å². The van der Waals surface area contributed by atoms with E-state index in [0.29, 0.717) is 24.5 Å². The Kier molecular flexibility index (Phi) is 4.88. The number of carbonyl (C=O) groups is 1. The van der Waals surface area contributed by atoms with Gasteiger partial charge in [-0.2, -0.15) is 18.2 Å². The number of hydrogen-bond donors (Lipinski definition) is 0. The van der Waals surface area contributed by atoms with Crippen LogP contribution in [-0.4, -0.2) is 46.1 Å². The van der Waals surface area contributed by atoms with E-state index in [2.05, 4.69) is 19.6 Å². The van der Waals surface area contributed by atoms with E-state index in [0.717, 1.165) is 0 Å². The molecule has 1 atom stereocenters. The van der Waals surface area contributed by atoms with E-state index >= 15 is 0 Å². The number of benzene rings is 1. The van der Waals surface area contributed by atoms with Gasteiger partial charge in [0.15, 0.2) is 0 Å². The summed E-state index contributed by atoms with van der Waals surface area (Å²) in [5, 5.41) is 3.33. The van der Waals surface area contributed by atoms with Gasteiger partial charge in [-0.15, -0.1) is 0 Å². The van der Waals surface area contributed by atoms with Crippen LogP contribution >= 0.6 is 0 Å². The van der Waals surface area contributed by atoms with Gasteiger partial charge in [-0.3, -0.25) is 4.79 Å². The van der Waals surface area contributed by atoms with E-state index in [9.17, 15) is 22.4 Å². The highest BCUT2D eigenvalue weighted by Crippen LogP contribution is 2.32. The van der Waals surface area contributed by atoms with E-state index in [4.69, 9.17) is 0 Å². The molecule has 11 heteroatoms. The second kappa shape index (κ2) is 7.39. The summed E-state index contributed by atoms with van der Waals surface area (Å²) in [6, 6.07) is 8.02. The van der Waals surface area contributed by atoms with Gasteiger partial charge in [0.25, 0.3) is 0 Å². The van der Waals surface area contributed by atoms with Crippen molar-refractivity contribution >= 4 is 11.7 Å². The molecule has 1 amide bonds. The van der Waals surface area contributed by atoms with Gasteiger partial charge in [0.05, 0.1) is 0 Å². The average Bonchev–Trinajstić information content (AvgIpc) is 3.21. The van der Waals surface area contributed by atoms with Crippen molar-refractivity contribution in [2.45, 2.75) is 12.2 Å². The molecule has 0 saturated carbocycles. The van der Waals surface area contributed by atoms with Gasteiger partial charge in [-0.1, -0.05) is 17.3 Å². The molecule has 7 nitrogen and oxygen atoms in total. The summed E-state index contributed by atoms with van der Waals surface area (Å²) in [7, 11) is 1.66. The first kappa shape index (κ1) is 19.8. The molecule has 3 heterocycles. The molecule has 1 fully saturated rings. The van der Waals surface area contributed by atoms with E-state index in [1.807, 2.05) is 0 Å².